The van der Waals surface area contributed by atoms with Crippen LogP contribution in [0.4, 0.5) is 26.3 Å². The summed E-state index contributed by atoms with van der Waals surface area (Å²) in [7, 11) is 3.64. The van der Waals surface area contributed by atoms with Gasteiger partial charge < -0.3 is 25.0 Å². The smallest absolute Gasteiger partial charge is 0.490 e. The Kier molecular flexibility index (Phi) is 11.0. The Morgan fingerprint density at radius 1 is 1.11 bits per heavy atom. The molecule has 1 aliphatic rings. The van der Waals surface area contributed by atoms with Crippen molar-refractivity contribution in [1.29, 1.82) is 0 Å². The Bertz CT molecular complexity index is 936. The number of fused-ring (bicyclic) bond motifs is 1. The first-order valence-corrected chi connectivity index (χ1v) is 9.73. The highest BCUT2D eigenvalue weighted by atomic mass is 19.4. The van der Waals surface area contributed by atoms with Gasteiger partial charge in [0.2, 0.25) is 0 Å². The van der Waals surface area contributed by atoms with Gasteiger partial charge in [0.25, 0.3) is 0 Å². The first-order chi connectivity index (χ1) is 16.1. The second-order valence-corrected chi connectivity index (χ2v) is 6.91. The van der Waals surface area contributed by atoms with E-state index in [0.717, 1.165) is 37.6 Å². The lowest BCUT2D eigenvalue weighted by Crippen LogP contribution is -2.27. The van der Waals surface area contributed by atoms with Crippen molar-refractivity contribution < 1.29 is 55.6 Å². The molecule has 0 amide bonds. The van der Waals surface area contributed by atoms with Crippen molar-refractivity contribution >= 4 is 11.9 Å². The lowest BCUT2D eigenvalue weighted by molar-refractivity contribution is -0.193. The Balaban J connectivity index is 0.000000362. The van der Waals surface area contributed by atoms with Crippen LogP contribution in [0.3, 0.4) is 0 Å². The van der Waals surface area contributed by atoms with Gasteiger partial charge in [0.05, 0.1) is 19.4 Å². The SMILES string of the molecule is COc1ccc(CNCC2OCCc3cn(C)nc32)cc1.O=C(O)C(F)(F)F.O=C(O)C(F)(F)F. The van der Waals surface area contributed by atoms with Crippen LogP contribution in [0.25, 0.3) is 0 Å². The van der Waals surface area contributed by atoms with E-state index in [1.165, 1.54) is 11.1 Å². The Morgan fingerprint density at radius 2 is 1.63 bits per heavy atom. The third-order valence-electron chi connectivity index (χ3n) is 4.24. The molecular formula is C20H23F6N3O6. The van der Waals surface area contributed by atoms with E-state index >= 15 is 0 Å². The number of nitrogens with one attached hydrogen (secondary N) is 1. The molecule has 1 aliphatic heterocycles. The van der Waals surface area contributed by atoms with Crippen LogP contribution in [-0.4, -0.2) is 64.5 Å². The van der Waals surface area contributed by atoms with Crippen molar-refractivity contribution in [3.8, 4) is 5.75 Å². The van der Waals surface area contributed by atoms with Gasteiger partial charge in [-0.2, -0.15) is 31.4 Å². The molecule has 15 heteroatoms. The molecule has 0 fully saturated rings. The molecule has 0 bridgehead atoms. The number of carbonyl (C=O) groups is 2. The summed E-state index contributed by atoms with van der Waals surface area (Å²) in [4.78, 5) is 17.8. The average molecular weight is 515 g/mol. The minimum absolute atomic E-state index is 0.0493. The van der Waals surface area contributed by atoms with Crippen LogP contribution in [0, 0.1) is 0 Å². The molecule has 9 nitrogen and oxygen atoms in total. The van der Waals surface area contributed by atoms with Gasteiger partial charge >= 0.3 is 24.3 Å². The van der Waals surface area contributed by atoms with E-state index < -0.39 is 24.3 Å². The minimum Gasteiger partial charge on any atom is -0.497 e. The third kappa shape index (κ3) is 10.6. The normalized spacial score (nSPS) is 15.0. The van der Waals surface area contributed by atoms with Crippen LogP contribution >= 0.6 is 0 Å². The molecule has 2 aromatic rings. The molecule has 1 aromatic carbocycles. The predicted molar refractivity (Wildman–Crippen MR) is 108 cm³/mol. The van der Waals surface area contributed by atoms with E-state index in [9.17, 15) is 26.3 Å². The van der Waals surface area contributed by atoms with Crippen LogP contribution in [0.15, 0.2) is 30.5 Å². The van der Waals surface area contributed by atoms with Gasteiger partial charge in [0.1, 0.15) is 11.9 Å². The summed E-state index contributed by atoms with van der Waals surface area (Å²) in [5, 5.41) is 22.2. The number of aryl methyl sites for hydroxylation is 1. The van der Waals surface area contributed by atoms with Crippen molar-refractivity contribution in [1.82, 2.24) is 15.1 Å². The molecule has 2 heterocycles. The van der Waals surface area contributed by atoms with Crippen molar-refractivity contribution in [3.05, 3.63) is 47.3 Å². The van der Waals surface area contributed by atoms with E-state index in [2.05, 4.69) is 28.7 Å². The molecule has 1 unspecified atom stereocenters. The highest BCUT2D eigenvalue weighted by Gasteiger charge is 2.38. The van der Waals surface area contributed by atoms with Gasteiger partial charge in [0.15, 0.2) is 0 Å². The summed E-state index contributed by atoms with van der Waals surface area (Å²) >= 11 is 0. The first kappa shape index (κ1) is 29.7. The number of alkyl halides is 6. The number of hydrogen-bond donors (Lipinski definition) is 3. The van der Waals surface area contributed by atoms with Gasteiger partial charge in [-0.3, -0.25) is 4.68 Å². The first-order valence-electron chi connectivity index (χ1n) is 9.73. The highest BCUT2D eigenvalue weighted by molar-refractivity contribution is 5.73. The molecule has 196 valence electrons. The molecule has 0 spiro atoms. The van der Waals surface area contributed by atoms with Crippen LogP contribution < -0.4 is 10.1 Å². The van der Waals surface area contributed by atoms with Gasteiger partial charge in [-0.15, -0.1) is 0 Å². The van der Waals surface area contributed by atoms with Gasteiger partial charge in [-0.1, -0.05) is 12.1 Å². The average Bonchev–Trinajstić information content (AvgIpc) is 3.15. The zero-order chi connectivity index (χ0) is 26.8. The maximum Gasteiger partial charge on any atom is 0.490 e. The van der Waals surface area contributed by atoms with Gasteiger partial charge in [-0.25, -0.2) is 9.59 Å². The molecule has 0 radical (unpaired) electrons. The monoisotopic (exact) mass is 515 g/mol. The zero-order valence-corrected chi connectivity index (χ0v) is 18.5. The van der Waals surface area contributed by atoms with Crippen molar-refractivity contribution in [3.63, 3.8) is 0 Å². The minimum atomic E-state index is -5.08. The largest absolute Gasteiger partial charge is 0.497 e. The summed E-state index contributed by atoms with van der Waals surface area (Å²) in [5.74, 6) is -4.63. The summed E-state index contributed by atoms with van der Waals surface area (Å²) in [6, 6.07) is 8.09. The molecule has 0 saturated carbocycles. The summed E-state index contributed by atoms with van der Waals surface area (Å²) in [6.07, 6.45) is -7.07. The number of halogens is 6. The van der Waals surface area contributed by atoms with E-state index in [1.54, 1.807) is 7.11 Å². The number of nitrogens with zero attached hydrogens (tertiary/aromatic N) is 2. The van der Waals surface area contributed by atoms with E-state index in [-0.39, 0.29) is 6.10 Å². The molecule has 3 rings (SSSR count). The molecule has 1 atom stereocenters. The number of hydrogen-bond acceptors (Lipinski definition) is 6. The van der Waals surface area contributed by atoms with E-state index in [4.69, 9.17) is 29.3 Å². The van der Waals surface area contributed by atoms with Gasteiger partial charge in [-0.05, 0) is 29.7 Å². The number of carboxylic acid groups (broad SMARTS) is 2. The number of aromatic nitrogens is 2. The lowest BCUT2D eigenvalue weighted by atomic mass is 10.1. The third-order valence-corrected chi connectivity index (χ3v) is 4.24. The fraction of sp³-hybridized carbons (Fsp3) is 0.450. The van der Waals surface area contributed by atoms with Crippen LogP contribution in [0.1, 0.15) is 22.9 Å². The number of ether oxygens (including phenoxy) is 2. The van der Waals surface area contributed by atoms with Crippen LogP contribution in [-0.2, 0) is 34.3 Å². The molecule has 35 heavy (non-hydrogen) atoms. The number of benzene rings is 1. The topological polar surface area (TPSA) is 123 Å². The number of methoxy groups -OCH3 is 1. The number of aliphatic carboxylic acids is 2. The van der Waals surface area contributed by atoms with Crippen LogP contribution in [0.2, 0.25) is 0 Å². The molecule has 0 saturated heterocycles. The standard InChI is InChI=1S/C16H21N3O2.2C2HF3O2/c1-19-11-13-7-8-21-15(16(13)18-19)10-17-9-12-3-5-14(20-2)6-4-12;2*3-2(4,5)1(6)7/h3-6,11,15,17H,7-10H2,1-2H3;2*(H,6,7). The summed E-state index contributed by atoms with van der Waals surface area (Å²) in [6.45, 7) is 2.36. The zero-order valence-electron chi connectivity index (χ0n) is 18.5. The summed E-state index contributed by atoms with van der Waals surface area (Å²) in [5.41, 5.74) is 3.61. The molecule has 0 aliphatic carbocycles. The fourth-order valence-electron chi connectivity index (χ4n) is 2.66. The summed E-state index contributed by atoms with van der Waals surface area (Å²) < 4.78 is 76.3. The lowest BCUT2D eigenvalue weighted by Gasteiger charge is -2.22. The van der Waals surface area contributed by atoms with Crippen molar-refractivity contribution in [2.45, 2.75) is 31.4 Å². The Hall–Kier alpha value is -3.33. The van der Waals surface area contributed by atoms with Gasteiger partial charge in [0, 0.05) is 26.3 Å². The molecule has 1 aromatic heterocycles. The number of rotatable bonds is 5. The molecular weight excluding hydrogens is 492 g/mol. The van der Waals surface area contributed by atoms with Crippen molar-refractivity contribution in [2.75, 3.05) is 20.3 Å². The number of carboxylic acids is 2. The van der Waals surface area contributed by atoms with Crippen molar-refractivity contribution in [2.24, 2.45) is 7.05 Å². The second-order valence-electron chi connectivity index (χ2n) is 6.91. The Morgan fingerprint density at radius 3 is 2.09 bits per heavy atom. The Labute approximate surface area is 195 Å². The maximum atomic E-state index is 10.6. The molecule has 3 N–H and O–H groups in total. The van der Waals surface area contributed by atoms with E-state index in [1.807, 2.05) is 23.9 Å². The fourth-order valence-corrected chi connectivity index (χ4v) is 2.66. The highest BCUT2D eigenvalue weighted by Crippen LogP contribution is 2.25. The predicted octanol–water partition coefficient (Wildman–Crippen LogP) is 3.10. The van der Waals surface area contributed by atoms with Crippen LogP contribution in [0.5, 0.6) is 5.75 Å². The quantitative estimate of drug-likeness (QED) is 0.520. The van der Waals surface area contributed by atoms with E-state index in [0.29, 0.717) is 0 Å². The second kappa shape index (κ2) is 12.9. The maximum absolute atomic E-state index is 10.6.